The van der Waals surface area contributed by atoms with Gasteiger partial charge in [0.05, 0.1) is 73.5 Å². The highest BCUT2D eigenvalue weighted by Crippen LogP contribution is 2.46. The van der Waals surface area contributed by atoms with E-state index in [1.54, 1.807) is 0 Å². The maximum atomic E-state index is 9.06. The second-order valence-electron chi connectivity index (χ2n) is 20.2. The highest BCUT2D eigenvalue weighted by Gasteiger charge is 2.25. The van der Waals surface area contributed by atoms with Crippen LogP contribution in [0.2, 0.25) is 0 Å². The summed E-state index contributed by atoms with van der Waals surface area (Å²) in [5.74, 6) is 0. The van der Waals surface area contributed by atoms with E-state index >= 15 is 0 Å². The molecule has 5 aromatic heterocycles. The van der Waals surface area contributed by atoms with E-state index in [2.05, 4.69) is 278 Å². The molecule has 0 atom stereocenters. The minimum atomic E-state index is 0.542. The molecule has 0 radical (unpaired) electrons. The number of pyridine rings is 1. The Hall–Kier alpha value is -10.7. The number of aromatic nitrogens is 5. The van der Waals surface area contributed by atoms with Crippen molar-refractivity contribution in [3.63, 3.8) is 0 Å². The summed E-state index contributed by atoms with van der Waals surface area (Å²) in [6.45, 7) is 9.06. The Balaban J connectivity index is 0.999. The Morgan fingerprint density at radius 1 is 0.269 bits per heavy atom. The molecular formula is C72H44N6. The predicted molar refractivity (Wildman–Crippen MR) is 324 cm³/mol. The Morgan fingerprint density at radius 2 is 0.590 bits per heavy atom. The van der Waals surface area contributed by atoms with Crippen molar-refractivity contribution in [1.82, 2.24) is 23.3 Å². The van der Waals surface area contributed by atoms with Gasteiger partial charge in [0, 0.05) is 65.6 Å². The number of fused-ring (bicyclic) bond motifs is 12. The summed E-state index contributed by atoms with van der Waals surface area (Å²) in [4.78, 5) is 9.70. The Kier molecular flexibility index (Phi) is 9.60. The van der Waals surface area contributed by atoms with Gasteiger partial charge in [0.25, 0.3) is 0 Å². The van der Waals surface area contributed by atoms with Crippen molar-refractivity contribution < 1.29 is 0 Å². The van der Waals surface area contributed by atoms with Gasteiger partial charge in [-0.15, -0.1) is 0 Å². The smallest absolute Gasteiger partial charge is 0.197 e. The largest absolute Gasteiger partial charge is 0.309 e. The number of para-hydroxylation sites is 6. The first-order valence-electron chi connectivity index (χ1n) is 26.4. The fraction of sp³-hybridized carbons (Fsp3) is 0. The number of nitrogens with zero attached hydrogens (tertiary/aromatic N) is 6. The minimum Gasteiger partial charge on any atom is -0.309 e. The maximum Gasteiger partial charge on any atom is 0.197 e. The quantitative estimate of drug-likeness (QED) is 0.147. The SMILES string of the molecule is [C-]#[N+]c1cc(-n2c3ccccc3c3cc(-n4c5ccccc5c5ccccc54)ccc32)c(-n2c3ccccc3c3cc(-n4c5ccccc5c5ccccc54)ccc32)cc1-c1cc(-c2ccccc2)nc(-c2ccccc2)c1. The monoisotopic (exact) mass is 992 g/mol. The van der Waals surface area contributed by atoms with Gasteiger partial charge in [-0.1, -0.05) is 170 Å². The summed E-state index contributed by atoms with van der Waals surface area (Å²) in [6, 6.07) is 95.4. The highest BCUT2D eigenvalue weighted by molar-refractivity contribution is 6.15. The van der Waals surface area contributed by atoms with Crippen LogP contribution in [-0.4, -0.2) is 23.3 Å². The third kappa shape index (κ3) is 6.52. The third-order valence-corrected chi connectivity index (χ3v) is 16.0. The van der Waals surface area contributed by atoms with Gasteiger partial charge < -0.3 is 18.3 Å². The van der Waals surface area contributed by atoms with Gasteiger partial charge in [0.15, 0.2) is 5.69 Å². The lowest BCUT2D eigenvalue weighted by atomic mass is 9.97. The molecule has 0 unspecified atom stereocenters. The fourth-order valence-corrected chi connectivity index (χ4v) is 12.6. The summed E-state index contributed by atoms with van der Waals surface area (Å²) in [6.07, 6.45) is 0. The summed E-state index contributed by atoms with van der Waals surface area (Å²) in [7, 11) is 0. The Labute approximate surface area is 448 Å². The molecule has 0 aliphatic heterocycles. The van der Waals surface area contributed by atoms with Crippen molar-refractivity contribution >= 4 is 92.9 Å². The average Bonchev–Trinajstić information content (AvgIpc) is 4.44. The Bertz CT molecular complexity index is 5000. The molecule has 0 N–H and O–H groups in total. The van der Waals surface area contributed by atoms with Gasteiger partial charge in [0.1, 0.15) is 0 Å². The lowest BCUT2D eigenvalue weighted by molar-refractivity contribution is 1.09. The van der Waals surface area contributed by atoms with E-state index < -0.39 is 0 Å². The fourth-order valence-electron chi connectivity index (χ4n) is 12.6. The zero-order valence-electron chi connectivity index (χ0n) is 42.1. The van der Waals surface area contributed by atoms with Gasteiger partial charge in [-0.3, -0.25) is 0 Å². The zero-order valence-corrected chi connectivity index (χ0v) is 42.1. The summed E-state index contributed by atoms with van der Waals surface area (Å²) in [5.41, 5.74) is 18.8. The van der Waals surface area contributed by atoms with Gasteiger partial charge in [-0.25, -0.2) is 9.83 Å². The van der Waals surface area contributed by atoms with Crippen LogP contribution in [-0.2, 0) is 0 Å². The van der Waals surface area contributed by atoms with Crippen LogP contribution >= 0.6 is 0 Å². The lowest BCUT2D eigenvalue weighted by Crippen LogP contribution is -2.04. The van der Waals surface area contributed by atoms with Crippen LogP contribution in [0.5, 0.6) is 0 Å². The van der Waals surface area contributed by atoms with Gasteiger partial charge >= 0.3 is 0 Å². The molecule has 0 saturated heterocycles. The molecule has 11 aromatic carbocycles. The molecule has 0 bridgehead atoms. The van der Waals surface area contributed by atoms with E-state index in [1.807, 2.05) is 12.1 Å². The van der Waals surface area contributed by atoms with Crippen molar-refractivity contribution in [2.75, 3.05) is 0 Å². The third-order valence-electron chi connectivity index (χ3n) is 16.0. The van der Waals surface area contributed by atoms with E-state index in [0.717, 1.165) is 111 Å². The standard InChI is InChI=1S/C72H44N6/c1-73-62-45-72(78-68-35-19-13-29-56(68)59-43-50(37-39-70(59)78)76-65-32-16-10-26-53(65)54-27-11-17-33-66(54)76)71(44-57(62)48-40-60(46-20-4-2-5-21-46)74-61(41-48)47-22-6-3-7-23-47)77-67-34-18-12-28-55(67)58-42-49(36-38-69(58)77)75-63-30-14-8-24-51(63)52-25-9-15-31-64(52)75/h2-45H. The van der Waals surface area contributed by atoms with Gasteiger partial charge in [-0.2, -0.15) is 0 Å². The first-order valence-corrected chi connectivity index (χ1v) is 26.4. The molecule has 0 aliphatic rings. The number of benzene rings is 11. The van der Waals surface area contributed by atoms with Crippen molar-refractivity contribution in [1.29, 1.82) is 0 Å². The van der Waals surface area contributed by atoms with E-state index in [1.165, 1.54) is 32.6 Å². The topological polar surface area (TPSA) is 37.0 Å². The normalized spacial score (nSPS) is 11.8. The van der Waals surface area contributed by atoms with Crippen LogP contribution in [0.4, 0.5) is 5.69 Å². The van der Waals surface area contributed by atoms with Crippen LogP contribution in [0.15, 0.2) is 267 Å². The molecule has 0 fully saturated rings. The molecule has 362 valence electrons. The molecule has 16 rings (SSSR count). The van der Waals surface area contributed by atoms with Gasteiger partial charge in [0.2, 0.25) is 0 Å². The maximum absolute atomic E-state index is 9.06. The molecule has 6 nitrogen and oxygen atoms in total. The van der Waals surface area contributed by atoms with Crippen molar-refractivity contribution in [3.8, 4) is 56.4 Å². The first-order chi connectivity index (χ1) is 38.7. The molecule has 78 heavy (non-hydrogen) atoms. The first kappa shape index (κ1) is 43.6. The van der Waals surface area contributed by atoms with Crippen LogP contribution < -0.4 is 0 Å². The molecular weight excluding hydrogens is 949 g/mol. The van der Waals surface area contributed by atoms with E-state index in [4.69, 9.17) is 11.6 Å². The second-order valence-corrected chi connectivity index (χ2v) is 20.2. The van der Waals surface area contributed by atoms with Crippen LogP contribution in [0, 0.1) is 6.57 Å². The minimum absolute atomic E-state index is 0.542. The van der Waals surface area contributed by atoms with Crippen molar-refractivity contribution in [2.45, 2.75) is 0 Å². The number of rotatable bonds is 7. The summed E-state index contributed by atoms with van der Waals surface area (Å²) in [5, 5.41) is 9.41. The molecule has 0 aliphatic carbocycles. The Morgan fingerprint density at radius 3 is 0.974 bits per heavy atom. The van der Waals surface area contributed by atoms with Crippen LogP contribution in [0.1, 0.15) is 0 Å². The molecule has 5 heterocycles. The summed E-state index contributed by atoms with van der Waals surface area (Å²) < 4.78 is 9.60. The van der Waals surface area contributed by atoms with E-state index in [-0.39, 0.29) is 0 Å². The van der Waals surface area contributed by atoms with Crippen molar-refractivity contribution in [3.05, 3.63) is 278 Å². The van der Waals surface area contributed by atoms with E-state index in [0.29, 0.717) is 5.69 Å². The molecule has 6 heteroatoms. The molecule has 0 amide bonds. The number of hydrogen-bond acceptors (Lipinski definition) is 1. The van der Waals surface area contributed by atoms with Crippen LogP contribution in [0.3, 0.4) is 0 Å². The number of hydrogen-bond donors (Lipinski definition) is 0. The predicted octanol–water partition coefficient (Wildman–Crippen LogP) is 19.0. The molecule has 0 spiro atoms. The molecule has 0 saturated carbocycles. The van der Waals surface area contributed by atoms with Crippen LogP contribution in [0.25, 0.3) is 148 Å². The molecule has 16 aromatic rings. The highest BCUT2D eigenvalue weighted by atomic mass is 15.1. The van der Waals surface area contributed by atoms with Crippen molar-refractivity contribution in [2.24, 2.45) is 0 Å². The van der Waals surface area contributed by atoms with Gasteiger partial charge in [-0.05, 0) is 108 Å². The second kappa shape index (κ2) is 17.2. The van der Waals surface area contributed by atoms with E-state index in [9.17, 15) is 0 Å². The zero-order chi connectivity index (χ0) is 51.4. The average molecular weight is 993 g/mol. The lowest BCUT2D eigenvalue weighted by Gasteiger charge is -2.20. The summed E-state index contributed by atoms with van der Waals surface area (Å²) >= 11 is 0.